The van der Waals surface area contributed by atoms with Crippen molar-refractivity contribution in [3.63, 3.8) is 0 Å². The smallest absolute Gasteiger partial charge is 0.162 e. The molecule has 0 unspecified atom stereocenters. The molecule has 0 fully saturated rings. The zero-order valence-electron chi connectivity index (χ0n) is 25.6. The van der Waals surface area contributed by atoms with Crippen LogP contribution in [0.5, 0.6) is 11.5 Å². The van der Waals surface area contributed by atoms with Crippen LogP contribution in [0.3, 0.4) is 0 Å². The first kappa shape index (κ1) is 30.6. The van der Waals surface area contributed by atoms with E-state index in [-0.39, 0.29) is 22.4 Å². The summed E-state index contributed by atoms with van der Waals surface area (Å²) >= 11 is 3.48. The van der Waals surface area contributed by atoms with Crippen LogP contribution in [-0.2, 0) is 20.9 Å². The molecule has 0 spiro atoms. The number of ketones is 2. The van der Waals surface area contributed by atoms with Crippen molar-refractivity contribution < 1.29 is 23.8 Å². The van der Waals surface area contributed by atoms with Crippen molar-refractivity contribution in [1.29, 1.82) is 0 Å². The number of benzene rings is 2. The van der Waals surface area contributed by atoms with Crippen LogP contribution in [0.1, 0.15) is 77.3 Å². The Morgan fingerprint density at radius 1 is 0.833 bits per heavy atom. The van der Waals surface area contributed by atoms with Crippen LogP contribution < -0.4 is 9.47 Å². The van der Waals surface area contributed by atoms with E-state index < -0.39 is 5.92 Å². The standard InChI is InChI=1S/C35H42BrNO5/c1-7-41-30-16-23(10-13-29(30)42-21-22-8-11-24(36)12-9-22)31-32-25(17-34(2,3)19-27(32)38)37(14-15-40-6)26-18-35(4,5)20-28(39)33(26)31/h8-13,16,31H,7,14-15,17-21H2,1-6H3. The van der Waals surface area contributed by atoms with Gasteiger partial charge in [0, 0.05) is 59.4 Å². The molecule has 2 aromatic carbocycles. The number of hydrogen-bond donors (Lipinski definition) is 0. The monoisotopic (exact) mass is 635 g/mol. The first-order chi connectivity index (χ1) is 19.9. The number of nitrogens with zero attached hydrogens (tertiary/aromatic N) is 1. The van der Waals surface area contributed by atoms with E-state index in [9.17, 15) is 9.59 Å². The Morgan fingerprint density at radius 3 is 1.98 bits per heavy atom. The normalized spacial score (nSPS) is 20.0. The van der Waals surface area contributed by atoms with Crippen LogP contribution >= 0.6 is 15.9 Å². The lowest BCUT2D eigenvalue weighted by molar-refractivity contribution is -0.119. The van der Waals surface area contributed by atoms with Crippen LogP contribution in [-0.4, -0.2) is 43.3 Å². The van der Waals surface area contributed by atoms with E-state index in [2.05, 4.69) is 48.5 Å². The highest BCUT2D eigenvalue weighted by atomic mass is 79.9. The van der Waals surface area contributed by atoms with Crippen LogP contribution in [0.2, 0.25) is 0 Å². The molecule has 0 bridgehead atoms. The molecule has 5 rings (SSSR count). The topological polar surface area (TPSA) is 65.1 Å². The fourth-order valence-electron chi connectivity index (χ4n) is 6.67. The van der Waals surface area contributed by atoms with E-state index >= 15 is 0 Å². The van der Waals surface area contributed by atoms with E-state index in [0.29, 0.717) is 50.7 Å². The van der Waals surface area contributed by atoms with Gasteiger partial charge in [-0.2, -0.15) is 0 Å². The largest absolute Gasteiger partial charge is 0.490 e. The Balaban J connectivity index is 1.62. The number of hydrogen-bond acceptors (Lipinski definition) is 6. The lowest BCUT2D eigenvalue weighted by Crippen LogP contribution is -2.45. The molecule has 0 saturated carbocycles. The predicted molar refractivity (Wildman–Crippen MR) is 168 cm³/mol. The summed E-state index contributed by atoms with van der Waals surface area (Å²) in [5, 5.41) is 0. The first-order valence-corrected chi connectivity index (χ1v) is 15.7. The van der Waals surface area contributed by atoms with Crippen LogP contribution in [0, 0.1) is 10.8 Å². The van der Waals surface area contributed by atoms with E-state index in [1.54, 1.807) is 7.11 Å². The minimum Gasteiger partial charge on any atom is -0.490 e. The third-order valence-electron chi connectivity index (χ3n) is 8.45. The summed E-state index contributed by atoms with van der Waals surface area (Å²) < 4.78 is 18.8. The van der Waals surface area contributed by atoms with Gasteiger partial charge in [0.1, 0.15) is 6.61 Å². The molecule has 3 aliphatic rings. The number of halogens is 1. The molecule has 0 radical (unpaired) electrons. The van der Waals surface area contributed by atoms with Crippen molar-refractivity contribution in [2.45, 2.75) is 72.8 Å². The molecule has 2 aliphatic carbocycles. The highest BCUT2D eigenvalue weighted by Crippen LogP contribution is 2.54. The second kappa shape index (κ2) is 12.0. The first-order valence-electron chi connectivity index (χ1n) is 14.9. The number of rotatable bonds is 9. The van der Waals surface area contributed by atoms with Gasteiger partial charge in [-0.15, -0.1) is 0 Å². The summed E-state index contributed by atoms with van der Waals surface area (Å²) in [6.07, 6.45) is 2.45. The van der Waals surface area contributed by atoms with E-state index in [1.807, 2.05) is 49.4 Å². The molecule has 224 valence electrons. The Hall–Kier alpha value is -2.90. The molecule has 2 aromatic rings. The van der Waals surface area contributed by atoms with Gasteiger partial charge in [-0.05, 0) is 66.0 Å². The van der Waals surface area contributed by atoms with Gasteiger partial charge >= 0.3 is 0 Å². The zero-order valence-corrected chi connectivity index (χ0v) is 27.2. The highest BCUT2D eigenvalue weighted by molar-refractivity contribution is 9.10. The number of carbonyl (C=O) groups is 2. The summed E-state index contributed by atoms with van der Waals surface area (Å²) in [4.78, 5) is 30.3. The highest BCUT2D eigenvalue weighted by Gasteiger charge is 2.49. The second-order valence-corrected chi connectivity index (χ2v) is 14.2. The van der Waals surface area contributed by atoms with Gasteiger partial charge in [0.2, 0.25) is 0 Å². The third-order valence-corrected chi connectivity index (χ3v) is 8.98. The van der Waals surface area contributed by atoms with E-state index in [4.69, 9.17) is 14.2 Å². The van der Waals surface area contributed by atoms with Crippen molar-refractivity contribution >= 4 is 27.5 Å². The second-order valence-electron chi connectivity index (χ2n) is 13.2. The summed E-state index contributed by atoms with van der Waals surface area (Å²) in [6, 6.07) is 13.9. The van der Waals surface area contributed by atoms with E-state index in [0.717, 1.165) is 51.0 Å². The Labute approximate surface area is 258 Å². The molecule has 0 aromatic heterocycles. The average Bonchev–Trinajstić information content (AvgIpc) is 2.90. The summed E-state index contributed by atoms with van der Waals surface area (Å²) in [5.41, 5.74) is 5.18. The molecule has 0 N–H and O–H groups in total. The maximum Gasteiger partial charge on any atom is 0.162 e. The number of Topliss-reactive ketones (excluding diaryl/α,β-unsaturated/α-hetero) is 2. The molecular formula is C35H42BrNO5. The number of carbonyl (C=O) groups excluding carboxylic acids is 2. The maximum atomic E-state index is 14.0. The number of allylic oxidation sites excluding steroid dienone is 4. The van der Waals surface area contributed by atoms with Gasteiger partial charge < -0.3 is 19.1 Å². The minimum atomic E-state index is -0.430. The maximum absolute atomic E-state index is 14.0. The molecule has 42 heavy (non-hydrogen) atoms. The summed E-state index contributed by atoms with van der Waals surface area (Å²) in [5.74, 6) is 1.06. The van der Waals surface area contributed by atoms with Gasteiger partial charge in [0.25, 0.3) is 0 Å². The molecular weight excluding hydrogens is 594 g/mol. The fraction of sp³-hybridized carbons (Fsp3) is 0.486. The predicted octanol–water partition coefficient (Wildman–Crippen LogP) is 7.76. The van der Waals surface area contributed by atoms with Crippen LogP contribution in [0.4, 0.5) is 0 Å². The summed E-state index contributed by atoms with van der Waals surface area (Å²) in [7, 11) is 1.69. The Morgan fingerprint density at radius 2 is 1.43 bits per heavy atom. The lowest BCUT2D eigenvalue weighted by Gasteiger charge is -2.49. The van der Waals surface area contributed by atoms with Gasteiger partial charge in [-0.3, -0.25) is 9.59 Å². The van der Waals surface area contributed by atoms with Crippen LogP contribution in [0.15, 0.2) is 69.5 Å². The van der Waals surface area contributed by atoms with Gasteiger partial charge in [0.15, 0.2) is 23.1 Å². The zero-order chi connectivity index (χ0) is 30.2. The Kier molecular flexibility index (Phi) is 8.73. The summed E-state index contributed by atoms with van der Waals surface area (Å²) in [6.45, 7) is 12.6. The van der Waals surface area contributed by atoms with E-state index in [1.165, 1.54) is 0 Å². The van der Waals surface area contributed by atoms with Gasteiger partial charge in [-0.1, -0.05) is 61.8 Å². The number of ether oxygens (including phenoxy) is 3. The van der Waals surface area contributed by atoms with Crippen molar-refractivity contribution in [2.24, 2.45) is 10.8 Å². The van der Waals surface area contributed by atoms with Crippen LogP contribution in [0.25, 0.3) is 0 Å². The Bertz CT molecular complexity index is 1380. The number of methoxy groups -OCH3 is 1. The van der Waals surface area contributed by atoms with Gasteiger partial charge in [-0.25, -0.2) is 0 Å². The van der Waals surface area contributed by atoms with Crippen molar-refractivity contribution in [2.75, 3.05) is 26.9 Å². The SMILES string of the molecule is CCOc1cc(C2C3=C(CC(C)(C)CC3=O)N(CCOC)C3=C2C(=O)CC(C)(C)C3)ccc1OCc1ccc(Br)cc1. The molecule has 1 heterocycles. The third kappa shape index (κ3) is 6.23. The average molecular weight is 637 g/mol. The van der Waals surface area contributed by atoms with Gasteiger partial charge in [0.05, 0.1) is 13.2 Å². The molecule has 0 saturated heterocycles. The van der Waals surface area contributed by atoms with Crippen molar-refractivity contribution in [3.05, 3.63) is 80.6 Å². The van der Waals surface area contributed by atoms with Crippen molar-refractivity contribution in [3.8, 4) is 11.5 Å². The molecule has 1 aliphatic heterocycles. The quantitative estimate of drug-likeness (QED) is 0.281. The molecule has 0 atom stereocenters. The van der Waals surface area contributed by atoms with Crippen molar-refractivity contribution in [1.82, 2.24) is 4.90 Å². The fourth-order valence-corrected chi connectivity index (χ4v) is 6.93. The molecule has 7 heteroatoms. The molecule has 0 amide bonds. The minimum absolute atomic E-state index is 0.117. The lowest BCUT2D eigenvalue weighted by atomic mass is 9.63. The molecule has 6 nitrogen and oxygen atoms in total.